The number of rotatable bonds is 8. The van der Waals surface area contributed by atoms with Crippen LogP contribution in [0.3, 0.4) is 0 Å². The van der Waals surface area contributed by atoms with E-state index in [1.165, 1.54) is 24.5 Å². The highest BCUT2D eigenvalue weighted by Gasteiger charge is 2.33. The van der Waals surface area contributed by atoms with Crippen molar-refractivity contribution in [1.29, 1.82) is 0 Å². The van der Waals surface area contributed by atoms with Crippen molar-refractivity contribution in [3.05, 3.63) is 59.9 Å². The predicted octanol–water partition coefficient (Wildman–Crippen LogP) is 6.21. The fraction of sp³-hybridized carbons (Fsp3) is 0.481. The first-order valence-electron chi connectivity index (χ1n) is 12.3. The van der Waals surface area contributed by atoms with Crippen molar-refractivity contribution in [2.45, 2.75) is 38.4 Å². The van der Waals surface area contributed by atoms with Gasteiger partial charge in [0, 0.05) is 44.3 Å². The molecule has 1 aliphatic heterocycles. The standard InChI is InChI=1S/C27H31F3N4O.ClH/c1-35-22-4-2-3-21(15-22)18-33(16-19-5-6-19)17-20-10-13-34(14-11-20)26-23-7-8-25(27(28,29)30)32-24(23)9-12-31-26;/h2-4,7-9,12,15,19-20H,5-6,10-11,13-14,16-18H2,1H3;1H. The zero-order valence-corrected chi connectivity index (χ0v) is 21.2. The molecule has 0 N–H and O–H groups in total. The average Bonchev–Trinajstić information content (AvgIpc) is 3.67. The van der Waals surface area contributed by atoms with Crippen LogP contribution in [-0.4, -0.2) is 48.2 Å². The highest BCUT2D eigenvalue weighted by Crippen LogP contribution is 2.34. The Morgan fingerprint density at radius 1 is 1.00 bits per heavy atom. The third-order valence-electron chi connectivity index (χ3n) is 7.07. The maximum atomic E-state index is 13.1. The topological polar surface area (TPSA) is 41.5 Å². The average molecular weight is 521 g/mol. The molecule has 36 heavy (non-hydrogen) atoms. The number of alkyl halides is 3. The minimum Gasteiger partial charge on any atom is -0.497 e. The number of aromatic nitrogens is 2. The molecule has 1 saturated carbocycles. The minimum absolute atomic E-state index is 0. The fourth-order valence-corrected chi connectivity index (χ4v) is 5.04. The van der Waals surface area contributed by atoms with Gasteiger partial charge in [0.25, 0.3) is 0 Å². The van der Waals surface area contributed by atoms with Crippen LogP contribution in [0.25, 0.3) is 10.9 Å². The summed E-state index contributed by atoms with van der Waals surface area (Å²) in [5, 5.41) is 0.673. The van der Waals surface area contributed by atoms with Gasteiger partial charge in [-0.25, -0.2) is 9.97 Å². The summed E-state index contributed by atoms with van der Waals surface area (Å²) in [6, 6.07) is 12.4. The van der Waals surface area contributed by atoms with Crippen LogP contribution in [0, 0.1) is 11.8 Å². The van der Waals surface area contributed by atoms with Crippen molar-refractivity contribution < 1.29 is 17.9 Å². The zero-order valence-electron chi connectivity index (χ0n) is 20.4. The van der Waals surface area contributed by atoms with Crippen molar-refractivity contribution in [1.82, 2.24) is 14.9 Å². The summed E-state index contributed by atoms with van der Waals surface area (Å²) in [7, 11) is 1.70. The predicted molar refractivity (Wildman–Crippen MR) is 138 cm³/mol. The summed E-state index contributed by atoms with van der Waals surface area (Å²) in [6.45, 7) is 4.80. The Morgan fingerprint density at radius 3 is 2.39 bits per heavy atom. The van der Waals surface area contributed by atoms with Crippen molar-refractivity contribution in [2.24, 2.45) is 11.8 Å². The van der Waals surface area contributed by atoms with Crippen molar-refractivity contribution in [3.63, 3.8) is 0 Å². The van der Waals surface area contributed by atoms with Gasteiger partial charge in [-0.1, -0.05) is 12.1 Å². The van der Waals surface area contributed by atoms with E-state index in [0.29, 0.717) is 16.8 Å². The molecular formula is C27H32ClF3N4O. The fourth-order valence-electron chi connectivity index (χ4n) is 5.04. The molecule has 1 saturated heterocycles. The summed E-state index contributed by atoms with van der Waals surface area (Å²) in [6.07, 6.45) is 1.82. The van der Waals surface area contributed by atoms with E-state index in [-0.39, 0.29) is 12.4 Å². The first kappa shape index (κ1) is 26.5. The Labute approximate surface area is 216 Å². The molecule has 1 aromatic carbocycles. The molecule has 0 unspecified atom stereocenters. The lowest BCUT2D eigenvalue weighted by Gasteiger charge is -2.36. The molecular weight excluding hydrogens is 489 g/mol. The molecule has 194 valence electrons. The molecule has 5 nitrogen and oxygen atoms in total. The summed E-state index contributed by atoms with van der Waals surface area (Å²) >= 11 is 0. The molecule has 3 aromatic rings. The van der Waals surface area contributed by atoms with Gasteiger partial charge in [0.15, 0.2) is 0 Å². The number of hydrogen-bond donors (Lipinski definition) is 0. The highest BCUT2D eigenvalue weighted by atomic mass is 35.5. The van der Waals surface area contributed by atoms with Gasteiger partial charge < -0.3 is 9.64 Å². The van der Waals surface area contributed by atoms with Gasteiger partial charge in [0.2, 0.25) is 0 Å². The van der Waals surface area contributed by atoms with Crippen LogP contribution in [0.15, 0.2) is 48.7 Å². The maximum Gasteiger partial charge on any atom is 0.433 e. The number of nitrogens with zero attached hydrogens (tertiary/aromatic N) is 4. The molecule has 9 heteroatoms. The molecule has 0 bridgehead atoms. The third kappa shape index (κ3) is 6.40. The molecule has 2 aromatic heterocycles. The van der Waals surface area contributed by atoms with E-state index in [1.54, 1.807) is 19.4 Å². The van der Waals surface area contributed by atoms with Crippen molar-refractivity contribution in [2.75, 3.05) is 38.2 Å². The summed E-state index contributed by atoms with van der Waals surface area (Å²) in [5.41, 5.74) is 0.738. The van der Waals surface area contributed by atoms with Crippen LogP contribution >= 0.6 is 12.4 Å². The molecule has 0 spiro atoms. The highest BCUT2D eigenvalue weighted by molar-refractivity contribution is 5.89. The second-order valence-electron chi connectivity index (χ2n) is 9.81. The van der Waals surface area contributed by atoms with Gasteiger partial charge in [-0.05, 0) is 73.4 Å². The second-order valence-corrected chi connectivity index (χ2v) is 9.81. The normalized spacial score (nSPS) is 16.9. The monoisotopic (exact) mass is 520 g/mol. The zero-order chi connectivity index (χ0) is 24.4. The van der Waals surface area contributed by atoms with Gasteiger partial charge in [-0.2, -0.15) is 13.2 Å². The molecule has 2 aliphatic rings. The molecule has 3 heterocycles. The lowest BCUT2D eigenvalue weighted by Crippen LogP contribution is -2.39. The van der Waals surface area contributed by atoms with Gasteiger partial charge in [-0.3, -0.25) is 4.90 Å². The number of ether oxygens (including phenoxy) is 1. The lowest BCUT2D eigenvalue weighted by atomic mass is 9.95. The molecule has 2 fully saturated rings. The van der Waals surface area contributed by atoms with Gasteiger partial charge in [-0.15, -0.1) is 12.4 Å². The molecule has 0 atom stereocenters. The Balaban J connectivity index is 0.00000304. The Morgan fingerprint density at radius 2 is 1.72 bits per heavy atom. The van der Waals surface area contributed by atoms with E-state index in [4.69, 9.17) is 4.74 Å². The van der Waals surface area contributed by atoms with Crippen LogP contribution in [0.4, 0.5) is 19.0 Å². The Bertz CT molecular complexity index is 1160. The number of methoxy groups -OCH3 is 1. The summed E-state index contributed by atoms with van der Waals surface area (Å²) in [5.74, 6) is 3.02. The van der Waals surface area contributed by atoms with Crippen LogP contribution in [-0.2, 0) is 12.7 Å². The van der Waals surface area contributed by atoms with Crippen LogP contribution in [0.2, 0.25) is 0 Å². The maximum absolute atomic E-state index is 13.1. The van der Waals surface area contributed by atoms with Crippen molar-refractivity contribution in [3.8, 4) is 5.75 Å². The van der Waals surface area contributed by atoms with Crippen molar-refractivity contribution >= 4 is 29.1 Å². The molecule has 1 aliphatic carbocycles. The van der Waals surface area contributed by atoms with E-state index in [1.807, 2.05) is 12.1 Å². The van der Waals surface area contributed by atoms with Gasteiger partial charge >= 0.3 is 6.18 Å². The molecule has 0 amide bonds. The van der Waals surface area contributed by atoms with E-state index >= 15 is 0 Å². The SMILES string of the molecule is COc1cccc(CN(CC2CC2)CC2CCN(c3nccc4nc(C(F)(F)F)ccc34)CC2)c1.Cl. The van der Waals surface area contributed by atoms with Crippen LogP contribution in [0.1, 0.15) is 36.9 Å². The van der Waals surface area contributed by atoms with Gasteiger partial charge in [0.05, 0.1) is 12.6 Å². The molecule has 5 rings (SSSR count). The number of hydrogen-bond acceptors (Lipinski definition) is 5. The Hall–Kier alpha value is -2.58. The van der Waals surface area contributed by atoms with E-state index in [0.717, 1.165) is 69.1 Å². The number of halogens is 4. The number of piperidine rings is 1. The minimum atomic E-state index is -4.45. The van der Waals surface area contributed by atoms with Crippen LogP contribution in [0.5, 0.6) is 5.75 Å². The summed E-state index contributed by atoms with van der Waals surface area (Å²) in [4.78, 5) is 13.1. The molecule has 0 radical (unpaired) electrons. The van der Waals surface area contributed by atoms with Gasteiger partial charge in [0.1, 0.15) is 17.3 Å². The smallest absolute Gasteiger partial charge is 0.433 e. The van der Waals surface area contributed by atoms with E-state index < -0.39 is 11.9 Å². The second kappa shape index (κ2) is 11.2. The number of fused-ring (bicyclic) bond motifs is 1. The summed E-state index contributed by atoms with van der Waals surface area (Å²) < 4.78 is 44.6. The first-order valence-corrected chi connectivity index (χ1v) is 12.3. The van der Waals surface area contributed by atoms with E-state index in [9.17, 15) is 13.2 Å². The lowest BCUT2D eigenvalue weighted by molar-refractivity contribution is -0.140. The quantitative estimate of drug-likeness (QED) is 0.353. The first-order chi connectivity index (χ1) is 16.9. The largest absolute Gasteiger partial charge is 0.497 e. The number of benzene rings is 1. The van der Waals surface area contributed by atoms with Crippen LogP contribution < -0.4 is 9.64 Å². The number of anilines is 1. The Kier molecular flexibility index (Phi) is 8.25. The third-order valence-corrected chi connectivity index (χ3v) is 7.07. The van der Waals surface area contributed by atoms with E-state index in [2.05, 4.69) is 31.9 Å². The number of pyridine rings is 2.